The molecule has 3 N–H and O–H groups in total. The molecule has 0 unspecified atom stereocenters. The number of sulfonamides is 1. The van der Waals surface area contributed by atoms with E-state index in [0.717, 1.165) is 12.8 Å². The normalized spacial score (nSPS) is 12.4. The van der Waals surface area contributed by atoms with E-state index < -0.39 is 34.5 Å². The van der Waals surface area contributed by atoms with E-state index in [4.69, 9.17) is 14.2 Å². The molecule has 182 valence electrons. The number of carbonyl (C=O) groups excluding carboxylic acids is 3. The molecule has 3 amide bonds. The standard InChI is InChI=1S/C22H25N3O8S/c1-2-3-10-23-22(28)24-20(26)14-33-21(27)15-4-6-16(7-5-15)25-34(29,30)17-8-9-18-19(13-17)32-12-11-31-18/h4-9,13,25H,2-3,10-12,14H2,1H3,(H2,23,24,26,28). The molecule has 3 rings (SSSR count). The summed E-state index contributed by atoms with van der Waals surface area (Å²) in [4.78, 5) is 35.4. The molecule has 12 heteroatoms. The number of rotatable bonds is 9. The topological polar surface area (TPSA) is 149 Å². The number of carbonyl (C=O) groups is 3. The van der Waals surface area contributed by atoms with Crippen LogP contribution in [0, 0.1) is 0 Å². The van der Waals surface area contributed by atoms with Crippen LogP contribution >= 0.6 is 0 Å². The molecule has 1 aliphatic heterocycles. The first-order valence-electron chi connectivity index (χ1n) is 10.6. The fourth-order valence-corrected chi connectivity index (χ4v) is 3.95. The lowest BCUT2D eigenvalue weighted by atomic mass is 10.2. The zero-order valence-electron chi connectivity index (χ0n) is 18.5. The van der Waals surface area contributed by atoms with Gasteiger partial charge >= 0.3 is 12.0 Å². The van der Waals surface area contributed by atoms with Gasteiger partial charge in [-0.25, -0.2) is 18.0 Å². The number of unbranched alkanes of at least 4 members (excludes halogenated alkanes) is 1. The monoisotopic (exact) mass is 491 g/mol. The molecule has 0 fully saturated rings. The number of benzene rings is 2. The number of hydrogen-bond donors (Lipinski definition) is 3. The fourth-order valence-electron chi connectivity index (χ4n) is 2.88. The predicted octanol–water partition coefficient (Wildman–Crippen LogP) is 2.04. The van der Waals surface area contributed by atoms with Crippen LogP contribution in [0.3, 0.4) is 0 Å². The molecule has 1 heterocycles. The molecule has 2 aromatic carbocycles. The molecule has 0 spiro atoms. The van der Waals surface area contributed by atoms with Gasteiger partial charge in [0.2, 0.25) is 0 Å². The summed E-state index contributed by atoms with van der Waals surface area (Å²) in [5.41, 5.74) is 0.315. The third kappa shape index (κ3) is 6.85. The zero-order chi connectivity index (χ0) is 24.6. The lowest BCUT2D eigenvalue weighted by Crippen LogP contribution is -2.41. The largest absolute Gasteiger partial charge is 0.486 e. The number of nitrogens with one attached hydrogen (secondary N) is 3. The summed E-state index contributed by atoms with van der Waals surface area (Å²) in [5, 5.41) is 4.56. The van der Waals surface area contributed by atoms with Crippen molar-refractivity contribution in [3.63, 3.8) is 0 Å². The summed E-state index contributed by atoms with van der Waals surface area (Å²) < 4.78 is 43.5. The van der Waals surface area contributed by atoms with E-state index in [1.807, 2.05) is 6.92 Å². The van der Waals surface area contributed by atoms with Gasteiger partial charge in [-0.15, -0.1) is 0 Å². The van der Waals surface area contributed by atoms with Crippen molar-refractivity contribution in [1.29, 1.82) is 0 Å². The second-order valence-electron chi connectivity index (χ2n) is 7.22. The number of imide groups is 1. The van der Waals surface area contributed by atoms with E-state index in [2.05, 4.69) is 15.4 Å². The molecule has 0 saturated carbocycles. The number of urea groups is 1. The van der Waals surface area contributed by atoms with Crippen LogP contribution in [0.2, 0.25) is 0 Å². The molecule has 0 bridgehead atoms. The Hall–Kier alpha value is -3.80. The van der Waals surface area contributed by atoms with Gasteiger partial charge in [-0.05, 0) is 42.8 Å². The van der Waals surface area contributed by atoms with Gasteiger partial charge < -0.3 is 19.5 Å². The summed E-state index contributed by atoms with van der Waals surface area (Å²) in [6.07, 6.45) is 1.67. The molecule has 34 heavy (non-hydrogen) atoms. The van der Waals surface area contributed by atoms with Gasteiger partial charge in [-0.1, -0.05) is 13.3 Å². The summed E-state index contributed by atoms with van der Waals surface area (Å²) in [5.74, 6) is -0.762. The van der Waals surface area contributed by atoms with Gasteiger partial charge in [0.25, 0.3) is 15.9 Å². The Morgan fingerprint density at radius 3 is 2.41 bits per heavy atom. The van der Waals surface area contributed by atoms with Crippen molar-refractivity contribution in [2.24, 2.45) is 0 Å². The Balaban J connectivity index is 1.52. The van der Waals surface area contributed by atoms with Crippen molar-refractivity contribution in [2.75, 3.05) is 31.1 Å². The lowest BCUT2D eigenvalue weighted by molar-refractivity contribution is -0.123. The Labute approximate surface area is 196 Å². The first-order chi connectivity index (χ1) is 16.3. The lowest BCUT2D eigenvalue weighted by Gasteiger charge is -2.19. The minimum absolute atomic E-state index is 0.00928. The Morgan fingerprint density at radius 1 is 1.00 bits per heavy atom. The summed E-state index contributed by atoms with van der Waals surface area (Å²) in [6, 6.07) is 9.09. The van der Waals surface area contributed by atoms with Crippen molar-refractivity contribution >= 4 is 33.6 Å². The molecule has 0 atom stereocenters. The Morgan fingerprint density at radius 2 is 1.71 bits per heavy atom. The average Bonchev–Trinajstić information content (AvgIpc) is 2.82. The van der Waals surface area contributed by atoms with E-state index in [1.165, 1.54) is 42.5 Å². The maximum atomic E-state index is 12.7. The van der Waals surface area contributed by atoms with E-state index in [-0.39, 0.29) is 16.1 Å². The van der Waals surface area contributed by atoms with Gasteiger partial charge in [0, 0.05) is 18.3 Å². The van der Waals surface area contributed by atoms with Crippen molar-refractivity contribution in [1.82, 2.24) is 10.6 Å². The number of hydrogen-bond acceptors (Lipinski definition) is 8. The van der Waals surface area contributed by atoms with Crippen LogP contribution in [-0.2, 0) is 19.6 Å². The molecule has 11 nitrogen and oxygen atoms in total. The van der Waals surface area contributed by atoms with Crippen LogP contribution in [0.15, 0.2) is 47.4 Å². The van der Waals surface area contributed by atoms with Crippen LogP contribution in [0.25, 0.3) is 0 Å². The summed E-state index contributed by atoms with van der Waals surface area (Å²) >= 11 is 0. The number of fused-ring (bicyclic) bond motifs is 1. The number of ether oxygens (including phenoxy) is 3. The second-order valence-corrected chi connectivity index (χ2v) is 8.90. The smallest absolute Gasteiger partial charge is 0.338 e. The Kier molecular flexibility index (Phi) is 8.30. The molecule has 0 aromatic heterocycles. The zero-order valence-corrected chi connectivity index (χ0v) is 19.3. The van der Waals surface area contributed by atoms with Crippen LogP contribution in [0.1, 0.15) is 30.1 Å². The number of esters is 1. The SMILES string of the molecule is CCCCNC(=O)NC(=O)COC(=O)c1ccc(NS(=O)(=O)c2ccc3c(c2)OCCO3)cc1. The van der Waals surface area contributed by atoms with Crippen LogP contribution < -0.4 is 24.8 Å². The summed E-state index contributed by atoms with van der Waals surface area (Å²) in [6.45, 7) is 2.48. The van der Waals surface area contributed by atoms with Crippen molar-refractivity contribution in [3.8, 4) is 11.5 Å². The van der Waals surface area contributed by atoms with E-state index in [1.54, 1.807) is 0 Å². The highest BCUT2D eigenvalue weighted by Crippen LogP contribution is 2.32. The third-order valence-corrected chi connectivity index (χ3v) is 5.98. The first kappa shape index (κ1) is 24.8. The van der Waals surface area contributed by atoms with E-state index in [0.29, 0.717) is 31.3 Å². The van der Waals surface area contributed by atoms with Crippen LogP contribution in [0.4, 0.5) is 10.5 Å². The third-order valence-electron chi connectivity index (χ3n) is 4.60. The van der Waals surface area contributed by atoms with E-state index in [9.17, 15) is 22.8 Å². The summed E-state index contributed by atoms with van der Waals surface area (Å²) in [7, 11) is -3.91. The van der Waals surface area contributed by atoms with Gasteiger partial charge in [0.15, 0.2) is 18.1 Å². The van der Waals surface area contributed by atoms with Gasteiger partial charge in [0.1, 0.15) is 13.2 Å². The molecular weight excluding hydrogens is 466 g/mol. The predicted molar refractivity (Wildman–Crippen MR) is 121 cm³/mol. The van der Waals surface area contributed by atoms with Gasteiger partial charge in [-0.3, -0.25) is 14.8 Å². The highest BCUT2D eigenvalue weighted by molar-refractivity contribution is 7.92. The first-order valence-corrected chi connectivity index (χ1v) is 12.0. The maximum Gasteiger partial charge on any atom is 0.338 e. The fraction of sp³-hybridized carbons (Fsp3) is 0.318. The van der Waals surface area contributed by atoms with Crippen molar-refractivity contribution < 1.29 is 37.0 Å². The molecule has 2 aromatic rings. The molecule has 0 aliphatic carbocycles. The molecule has 0 saturated heterocycles. The average molecular weight is 492 g/mol. The number of anilines is 1. The minimum atomic E-state index is -3.91. The van der Waals surface area contributed by atoms with Crippen molar-refractivity contribution in [2.45, 2.75) is 24.7 Å². The minimum Gasteiger partial charge on any atom is -0.486 e. The van der Waals surface area contributed by atoms with Crippen LogP contribution in [-0.4, -0.2) is 52.7 Å². The molecular formula is C22H25N3O8S. The quantitative estimate of drug-likeness (QED) is 0.356. The maximum absolute atomic E-state index is 12.7. The van der Waals surface area contributed by atoms with Gasteiger partial charge in [-0.2, -0.15) is 0 Å². The highest BCUT2D eigenvalue weighted by atomic mass is 32.2. The second kappa shape index (κ2) is 11.4. The van der Waals surface area contributed by atoms with Crippen molar-refractivity contribution in [3.05, 3.63) is 48.0 Å². The van der Waals surface area contributed by atoms with Gasteiger partial charge in [0.05, 0.1) is 10.5 Å². The van der Waals surface area contributed by atoms with Crippen LogP contribution in [0.5, 0.6) is 11.5 Å². The molecule has 1 aliphatic rings. The van der Waals surface area contributed by atoms with E-state index >= 15 is 0 Å². The number of amides is 3. The Bertz CT molecular complexity index is 1150. The highest BCUT2D eigenvalue weighted by Gasteiger charge is 2.20. The molecule has 0 radical (unpaired) electrons.